The maximum absolute atomic E-state index is 12.8. The van der Waals surface area contributed by atoms with E-state index in [1.54, 1.807) is 35.2 Å². The zero-order chi connectivity index (χ0) is 21.3. The summed E-state index contributed by atoms with van der Waals surface area (Å²) in [6.07, 6.45) is 4.32. The standard InChI is InChI=1S/C20H24N4O3S3/c1-14-18(20(25)24-9-3-4-10-24)29-19(22-14)17-12-16(13-23(17)2)30(26,27)21-8-7-15-6-5-11-28-15/h5-6,11-13,21H,3-4,7-10H2,1-2H3. The molecule has 1 saturated heterocycles. The van der Waals surface area contributed by atoms with Gasteiger partial charge in [-0.1, -0.05) is 6.07 Å². The Kier molecular flexibility index (Phi) is 6.10. The molecule has 3 aromatic heterocycles. The van der Waals surface area contributed by atoms with E-state index in [9.17, 15) is 13.2 Å². The molecule has 0 saturated carbocycles. The van der Waals surface area contributed by atoms with Crippen LogP contribution in [0.15, 0.2) is 34.7 Å². The average molecular weight is 465 g/mol. The van der Waals surface area contributed by atoms with Crippen LogP contribution in [-0.4, -0.2) is 48.4 Å². The zero-order valence-electron chi connectivity index (χ0n) is 16.9. The van der Waals surface area contributed by atoms with Crippen molar-refractivity contribution in [1.29, 1.82) is 0 Å². The third-order valence-corrected chi connectivity index (χ3v) is 8.67. The highest BCUT2D eigenvalue weighted by Crippen LogP contribution is 2.31. The van der Waals surface area contributed by atoms with Crippen molar-refractivity contribution in [3.8, 4) is 10.7 Å². The number of carbonyl (C=O) groups excluding carboxylic acids is 1. The fourth-order valence-electron chi connectivity index (χ4n) is 3.51. The van der Waals surface area contributed by atoms with E-state index in [4.69, 9.17) is 0 Å². The molecule has 1 amide bonds. The normalized spacial score (nSPS) is 14.5. The van der Waals surface area contributed by atoms with Crippen molar-refractivity contribution in [2.24, 2.45) is 7.05 Å². The van der Waals surface area contributed by atoms with Crippen LogP contribution >= 0.6 is 22.7 Å². The smallest absolute Gasteiger partial charge is 0.265 e. The molecule has 4 rings (SSSR count). The maximum Gasteiger partial charge on any atom is 0.265 e. The summed E-state index contributed by atoms with van der Waals surface area (Å²) in [4.78, 5) is 21.2. The van der Waals surface area contributed by atoms with Crippen LogP contribution in [0.1, 0.15) is 33.1 Å². The molecule has 160 valence electrons. The number of hydrogen-bond donors (Lipinski definition) is 1. The van der Waals surface area contributed by atoms with E-state index in [-0.39, 0.29) is 10.8 Å². The van der Waals surface area contributed by atoms with Crippen molar-refractivity contribution in [3.63, 3.8) is 0 Å². The van der Waals surface area contributed by atoms with E-state index in [0.29, 0.717) is 34.2 Å². The lowest BCUT2D eigenvalue weighted by Gasteiger charge is -2.13. The number of aryl methyl sites for hydroxylation is 2. The lowest BCUT2D eigenvalue weighted by molar-refractivity contribution is 0.0796. The van der Waals surface area contributed by atoms with Gasteiger partial charge in [0.15, 0.2) is 0 Å². The molecule has 0 unspecified atom stereocenters. The average Bonchev–Trinajstić information content (AvgIpc) is 3.48. The Morgan fingerprint density at radius 3 is 2.77 bits per heavy atom. The number of rotatable bonds is 7. The lowest BCUT2D eigenvalue weighted by Crippen LogP contribution is -2.27. The Morgan fingerprint density at radius 2 is 2.07 bits per heavy atom. The van der Waals surface area contributed by atoms with Gasteiger partial charge in [-0.25, -0.2) is 18.1 Å². The molecule has 1 fully saturated rings. The first kappa shape index (κ1) is 21.2. The number of carbonyl (C=O) groups is 1. The van der Waals surface area contributed by atoms with Gasteiger partial charge in [0.25, 0.3) is 5.91 Å². The summed E-state index contributed by atoms with van der Waals surface area (Å²) in [5, 5.41) is 2.63. The summed E-state index contributed by atoms with van der Waals surface area (Å²) in [5.74, 6) is 0.0195. The monoisotopic (exact) mass is 464 g/mol. The number of nitrogens with zero attached hydrogens (tertiary/aromatic N) is 3. The number of thiazole rings is 1. The van der Waals surface area contributed by atoms with Crippen molar-refractivity contribution in [2.45, 2.75) is 31.1 Å². The van der Waals surface area contributed by atoms with E-state index in [2.05, 4.69) is 9.71 Å². The first-order valence-electron chi connectivity index (χ1n) is 9.80. The molecular weight excluding hydrogens is 440 g/mol. The minimum absolute atomic E-state index is 0.0195. The summed E-state index contributed by atoms with van der Waals surface area (Å²) in [6.45, 7) is 3.75. The van der Waals surface area contributed by atoms with Crippen molar-refractivity contribution in [2.75, 3.05) is 19.6 Å². The molecule has 0 aliphatic carbocycles. The van der Waals surface area contributed by atoms with Gasteiger partial charge in [0.2, 0.25) is 10.0 Å². The zero-order valence-corrected chi connectivity index (χ0v) is 19.4. The van der Waals surface area contributed by atoms with E-state index in [1.165, 1.54) is 11.3 Å². The van der Waals surface area contributed by atoms with Gasteiger partial charge in [-0.15, -0.1) is 22.7 Å². The highest BCUT2D eigenvalue weighted by Gasteiger charge is 2.26. The first-order valence-corrected chi connectivity index (χ1v) is 13.0. The van der Waals surface area contributed by atoms with Crippen LogP contribution in [0.4, 0.5) is 0 Å². The molecule has 1 N–H and O–H groups in total. The van der Waals surface area contributed by atoms with Crippen LogP contribution in [0.5, 0.6) is 0 Å². The number of likely N-dealkylation sites (tertiary alicyclic amines) is 1. The Hall–Kier alpha value is -2.01. The molecule has 1 aliphatic heterocycles. The fourth-order valence-corrected chi connectivity index (χ4v) is 6.41. The van der Waals surface area contributed by atoms with Crippen molar-refractivity contribution in [3.05, 3.63) is 45.2 Å². The third kappa shape index (κ3) is 4.36. The molecule has 10 heteroatoms. The number of hydrogen-bond acceptors (Lipinski definition) is 6. The maximum atomic E-state index is 12.8. The molecule has 0 radical (unpaired) electrons. The first-order chi connectivity index (χ1) is 14.3. The number of nitrogens with one attached hydrogen (secondary N) is 1. The molecule has 1 aliphatic rings. The van der Waals surface area contributed by atoms with Gasteiger partial charge < -0.3 is 9.47 Å². The lowest BCUT2D eigenvalue weighted by atomic mass is 10.3. The molecule has 7 nitrogen and oxygen atoms in total. The Morgan fingerprint density at radius 1 is 1.30 bits per heavy atom. The molecule has 0 aromatic carbocycles. The molecule has 30 heavy (non-hydrogen) atoms. The van der Waals surface area contributed by atoms with Crippen LogP contribution in [0.2, 0.25) is 0 Å². The number of sulfonamides is 1. The fraction of sp³-hybridized carbons (Fsp3) is 0.400. The molecule has 0 spiro atoms. The second-order valence-corrected chi connectivity index (χ2v) is 11.1. The summed E-state index contributed by atoms with van der Waals surface area (Å²) in [6, 6.07) is 5.57. The summed E-state index contributed by atoms with van der Waals surface area (Å²) in [7, 11) is -1.83. The molecule has 3 aromatic rings. The summed E-state index contributed by atoms with van der Waals surface area (Å²) >= 11 is 2.94. The highest BCUT2D eigenvalue weighted by molar-refractivity contribution is 7.89. The van der Waals surface area contributed by atoms with Crippen LogP contribution < -0.4 is 4.72 Å². The largest absolute Gasteiger partial charge is 0.347 e. The second-order valence-electron chi connectivity index (χ2n) is 7.33. The predicted octanol–water partition coefficient (Wildman–Crippen LogP) is 3.28. The second kappa shape index (κ2) is 8.62. The van der Waals surface area contributed by atoms with Crippen LogP contribution in [0.3, 0.4) is 0 Å². The minimum atomic E-state index is -3.62. The minimum Gasteiger partial charge on any atom is -0.347 e. The van der Waals surface area contributed by atoms with Gasteiger partial charge in [0, 0.05) is 37.8 Å². The van der Waals surface area contributed by atoms with E-state index < -0.39 is 10.0 Å². The number of amides is 1. The van der Waals surface area contributed by atoms with E-state index in [0.717, 1.165) is 30.8 Å². The topological polar surface area (TPSA) is 84.3 Å². The summed E-state index contributed by atoms with van der Waals surface area (Å²) in [5.41, 5.74) is 1.37. The van der Waals surface area contributed by atoms with E-state index in [1.807, 2.05) is 29.3 Å². The number of thiophene rings is 1. The molecule has 0 atom stereocenters. The van der Waals surface area contributed by atoms with Crippen molar-refractivity contribution < 1.29 is 13.2 Å². The van der Waals surface area contributed by atoms with Gasteiger partial charge in [-0.2, -0.15) is 0 Å². The molecule has 4 heterocycles. The van der Waals surface area contributed by atoms with Gasteiger partial charge in [-0.05, 0) is 43.7 Å². The molecule has 0 bridgehead atoms. The van der Waals surface area contributed by atoms with Crippen molar-refractivity contribution >= 4 is 38.6 Å². The third-order valence-electron chi connectivity index (χ3n) is 5.14. The quantitative estimate of drug-likeness (QED) is 0.582. The van der Waals surface area contributed by atoms with Crippen molar-refractivity contribution in [1.82, 2.24) is 19.2 Å². The molecular formula is C20H24N4O3S3. The Labute approximate surface area is 184 Å². The Bertz CT molecular complexity index is 1140. The van der Waals surface area contributed by atoms with Crippen LogP contribution in [0.25, 0.3) is 10.7 Å². The highest BCUT2D eigenvalue weighted by atomic mass is 32.2. The SMILES string of the molecule is Cc1nc(-c2cc(S(=O)(=O)NCCc3cccs3)cn2C)sc1C(=O)N1CCCC1. The van der Waals surface area contributed by atoms with Gasteiger partial charge in [0.1, 0.15) is 14.8 Å². The summed E-state index contributed by atoms with van der Waals surface area (Å²) < 4.78 is 29.8. The van der Waals surface area contributed by atoms with Crippen LogP contribution in [0, 0.1) is 6.92 Å². The van der Waals surface area contributed by atoms with E-state index >= 15 is 0 Å². The predicted molar refractivity (Wildman–Crippen MR) is 120 cm³/mol. The number of aromatic nitrogens is 2. The van der Waals surface area contributed by atoms with Gasteiger partial charge >= 0.3 is 0 Å². The van der Waals surface area contributed by atoms with Gasteiger partial charge in [-0.3, -0.25) is 4.79 Å². The van der Waals surface area contributed by atoms with Gasteiger partial charge in [0.05, 0.1) is 11.4 Å². The van der Waals surface area contributed by atoms with Crippen LogP contribution in [-0.2, 0) is 23.5 Å². The Balaban J connectivity index is 1.52.